The molecule has 0 radical (unpaired) electrons. The van der Waals surface area contributed by atoms with Crippen LogP contribution in [0.4, 0.5) is 0 Å². The molecule has 23 heavy (non-hydrogen) atoms. The molecule has 2 saturated heterocycles. The van der Waals surface area contributed by atoms with Crippen molar-refractivity contribution in [1.29, 1.82) is 0 Å². The summed E-state index contributed by atoms with van der Waals surface area (Å²) in [4.78, 5) is 0. The Balaban J connectivity index is 1.56. The Morgan fingerprint density at radius 2 is 1.61 bits per heavy atom. The van der Waals surface area contributed by atoms with Gasteiger partial charge in [-0.3, -0.25) is 0 Å². The zero-order valence-electron chi connectivity index (χ0n) is 12.5. The van der Waals surface area contributed by atoms with Crippen LogP contribution in [0.25, 0.3) is 0 Å². The standard InChI is InChI=1S/C18H18O5/c19-14-5-1-12(2-6-14)17-18(23-17,11-21-9-16-10-22-16)13-3-7-15(20)8-4-13/h1-8,16-17,19-20H,9-11H2. The lowest BCUT2D eigenvalue weighted by Crippen LogP contribution is -2.20. The first kappa shape index (κ1) is 14.5. The van der Waals surface area contributed by atoms with Gasteiger partial charge in [-0.25, -0.2) is 0 Å². The Morgan fingerprint density at radius 3 is 2.22 bits per heavy atom. The molecule has 2 aliphatic heterocycles. The molecule has 0 aliphatic carbocycles. The quantitative estimate of drug-likeness (QED) is 0.801. The average molecular weight is 314 g/mol. The van der Waals surface area contributed by atoms with Crippen molar-refractivity contribution < 1.29 is 24.4 Å². The van der Waals surface area contributed by atoms with Gasteiger partial charge in [0.05, 0.1) is 19.8 Å². The summed E-state index contributed by atoms with van der Waals surface area (Å²) in [6.45, 7) is 1.74. The van der Waals surface area contributed by atoms with Crippen LogP contribution in [-0.2, 0) is 19.8 Å². The summed E-state index contributed by atoms with van der Waals surface area (Å²) >= 11 is 0. The van der Waals surface area contributed by atoms with E-state index < -0.39 is 5.60 Å². The first-order valence-corrected chi connectivity index (χ1v) is 7.63. The lowest BCUT2D eigenvalue weighted by Gasteiger charge is -2.14. The summed E-state index contributed by atoms with van der Waals surface area (Å²) < 4.78 is 17.0. The van der Waals surface area contributed by atoms with Gasteiger partial charge in [-0.05, 0) is 35.4 Å². The second kappa shape index (κ2) is 5.53. The number of aromatic hydroxyl groups is 2. The van der Waals surface area contributed by atoms with Gasteiger partial charge in [-0.1, -0.05) is 24.3 Å². The third kappa shape index (κ3) is 2.91. The van der Waals surface area contributed by atoms with E-state index in [2.05, 4.69) is 0 Å². The van der Waals surface area contributed by atoms with Crippen LogP contribution in [0.5, 0.6) is 11.5 Å². The van der Waals surface area contributed by atoms with E-state index >= 15 is 0 Å². The zero-order chi connectivity index (χ0) is 15.9. The van der Waals surface area contributed by atoms with Gasteiger partial charge in [-0.2, -0.15) is 0 Å². The number of ether oxygens (including phenoxy) is 3. The summed E-state index contributed by atoms with van der Waals surface area (Å²) in [6, 6.07) is 14.0. The van der Waals surface area contributed by atoms with Crippen LogP contribution >= 0.6 is 0 Å². The summed E-state index contributed by atoms with van der Waals surface area (Å²) in [7, 11) is 0. The molecular formula is C18H18O5. The van der Waals surface area contributed by atoms with Gasteiger partial charge in [0.15, 0.2) is 0 Å². The Hall–Kier alpha value is -2.08. The molecule has 0 amide bonds. The summed E-state index contributed by atoms with van der Waals surface area (Å²) in [6.07, 6.45) is 0.0745. The number of phenolic OH excluding ortho intramolecular Hbond substituents is 2. The molecule has 3 unspecified atom stereocenters. The second-order valence-corrected chi connectivity index (χ2v) is 6.00. The monoisotopic (exact) mass is 314 g/mol. The van der Waals surface area contributed by atoms with Crippen LogP contribution in [0.2, 0.25) is 0 Å². The highest BCUT2D eigenvalue weighted by molar-refractivity contribution is 5.39. The summed E-state index contributed by atoms with van der Waals surface area (Å²) in [5, 5.41) is 18.9. The number of phenols is 2. The lowest BCUT2D eigenvalue weighted by atomic mass is 9.92. The Labute approximate surface area is 134 Å². The predicted molar refractivity (Wildman–Crippen MR) is 82.3 cm³/mol. The molecule has 0 bridgehead atoms. The minimum Gasteiger partial charge on any atom is -0.508 e. The normalized spacial score (nSPS) is 28.5. The van der Waals surface area contributed by atoms with Gasteiger partial charge < -0.3 is 24.4 Å². The highest BCUT2D eigenvalue weighted by Crippen LogP contribution is 2.57. The van der Waals surface area contributed by atoms with Crippen LogP contribution < -0.4 is 0 Å². The minimum absolute atomic E-state index is 0.132. The van der Waals surface area contributed by atoms with Crippen LogP contribution in [0.1, 0.15) is 17.2 Å². The second-order valence-electron chi connectivity index (χ2n) is 6.00. The number of epoxide rings is 2. The molecule has 5 heteroatoms. The van der Waals surface area contributed by atoms with E-state index in [4.69, 9.17) is 14.2 Å². The van der Waals surface area contributed by atoms with Crippen LogP contribution in [0.3, 0.4) is 0 Å². The minimum atomic E-state index is -0.556. The summed E-state index contributed by atoms with van der Waals surface area (Å²) in [5.74, 6) is 0.449. The molecule has 2 aliphatic rings. The fourth-order valence-corrected chi connectivity index (χ4v) is 2.82. The Morgan fingerprint density at radius 1 is 1.00 bits per heavy atom. The van der Waals surface area contributed by atoms with E-state index in [-0.39, 0.29) is 23.7 Å². The van der Waals surface area contributed by atoms with Gasteiger partial charge in [0.1, 0.15) is 29.3 Å². The molecule has 2 heterocycles. The van der Waals surface area contributed by atoms with E-state index in [1.165, 1.54) is 0 Å². The average Bonchev–Trinajstić information content (AvgIpc) is 3.46. The molecule has 120 valence electrons. The van der Waals surface area contributed by atoms with E-state index in [0.29, 0.717) is 13.2 Å². The maximum absolute atomic E-state index is 9.50. The number of hydrogen-bond donors (Lipinski definition) is 2. The fourth-order valence-electron chi connectivity index (χ4n) is 2.82. The van der Waals surface area contributed by atoms with Gasteiger partial charge in [0.25, 0.3) is 0 Å². The van der Waals surface area contributed by atoms with Gasteiger partial charge in [0.2, 0.25) is 0 Å². The third-order valence-electron chi connectivity index (χ3n) is 4.27. The highest BCUT2D eigenvalue weighted by Gasteiger charge is 2.58. The van der Waals surface area contributed by atoms with Crippen LogP contribution in [0.15, 0.2) is 48.5 Å². The molecule has 4 rings (SSSR count). The fraction of sp³-hybridized carbons (Fsp3) is 0.333. The van der Waals surface area contributed by atoms with E-state index in [9.17, 15) is 10.2 Å². The topological polar surface area (TPSA) is 74.8 Å². The lowest BCUT2D eigenvalue weighted by molar-refractivity contribution is 0.0671. The maximum atomic E-state index is 9.50. The molecule has 2 N–H and O–H groups in total. The van der Waals surface area contributed by atoms with Crippen LogP contribution in [0, 0.1) is 0 Å². The van der Waals surface area contributed by atoms with Gasteiger partial charge in [0, 0.05) is 0 Å². The molecule has 0 saturated carbocycles. The summed E-state index contributed by atoms with van der Waals surface area (Å²) in [5.41, 5.74) is 1.40. The van der Waals surface area contributed by atoms with Gasteiger partial charge in [-0.15, -0.1) is 0 Å². The Bertz CT molecular complexity index is 678. The van der Waals surface area contributed by atoms with Gasteiger partial charge >= 0.3 is 0 Å². The number of hydrogen-bond acceptors (Lipinski definition) is 5. The van der Waals surface area contributed by atoms with Crippen molar-refractivity contribution in [2.75, 3.05) is 19.8 Å². The van der Waals surface area contributed by atoms with Crippen molar-refractivity contribution in [3.8, 4) is 11.5 Å². The van der Waals surface area contributed by atoms with Crippen molar-refractivity contribution in [3.05, 3.63) is 59.7 Å². The first-order chi connectivity index (χ1) is 11.2. The van der Waals surface area contributed by atoms with Crippen molar-refractivity contribution >= 4 is 0 Å². The number of benzene rings is 2. The number of rotatable bonds is 6. The molecule has 5 nitrogen and oxygen atoms in total. The van der Waals surface area contributed by atoms with Crippen LogP contribution in [-0.4, -0.2) is 36.1 Å². The predicted octanol–water partition coefficient (Wildman–Crippen LogP) is 2.48. The molecule has 0 aromatic heterocycles. The molecule has 2 fully saturated rings. The van der Waals surface area contributed by atoms with Crippen molar-refractivity contribution in [2.24, 2.45) is 0 Å². The molecular weight excluding hydrogens is 296 g/mol. The Kier molecular flexibility index (Phi) is 3.49. The largest absolute Gasteiger partial charge is 0.508 e. The van der Waals surface area contributed by atoms with Crippen molar-refractivity contribution in [1.82, 2.24) is 0 Å². The first-order valence-electron chi connectivity index (χ1n) is 7.63. The molecule has 0 spiro atoms. The van der Waals surface area contributed by atoms with E-state index in [0.717, 1.165) is 17.7 Å². The molecule has 2 aromatic rings. The SMILES string of the molecule is Oc1ccc(C2OC2(COCC2CO2)c2ccc(O)cc2)cc1. The zero-order valence-corrected chi connectivity index (χ0v) is 12.5. The van der Waals surface area contributed by atoms with E-state index in [1.807, 2.05) is 24.3 Å². The smallest absolute Gasteiger partial charge is 0.147 e. The highest BCUT2D eigenvalue weighted by atomic mass is 16.6. The van der Waals surface area contributed by atoms with Crippen molar-refractivity contribution in [2.45, 2.75) is 17.8 Å². The molecule has 2 aromatic carbocycles. The molecule has 3 atom stereocenters. The van der Waals surface area contributed by atoms with Crippen molar-refractivity contribution in [3.63, 3.8) is 0 Å². The third-order valence-corrected chi connectivity index (χ3v) is 4.27. The van der Waals surface area contributed by atoms with E-state index in [1.54, 1.807) is 24.3 Å². The maximum Gasteiger partial charge on any atom is 0.147 e.